The molecule has 0 aromatic carbocycles. The van der Waals surface area contributed by atoms with Crippen LogP contribution in [0.1, 0.15) is 122 Å². The normalized spacial score (nSPS) is 21.3. The van der Waals surface area contributed by atoms with Crippen LogP contribution >= 0.6 is 91.5 Å². The van der Waals surface area contributed by atoms with Crippen LogP contribution < -0.4 is 0 Å². The zero-order valence-electron chi connectivity index (χ0n) is 27.9. The lowest BCUT2D eigenvalue weighted by Crippen LogP contribution is -2.50. The number of unbranched alkanes of at least 4 members (excludes halogenated alkanes) is 10. The summed E-state index contributed by atoms with van der Waals surface area (Å²) in [6.45, 7) is 4.65. The van der Waals surface area contributed by atoms with Crippen molar-refractivity contribution in [3.05, 3.63) is 53.5 Å². The van der Waals surface area contributed by atoms with Gasteiger partial charge in [-0.1, -0.05) is 78.1 Å². The first-order chi connectivity index (χ1) is 23.7. The molecule has 0 unspecified atom stereocenters. The largest absolute Gasteiger partial charge is 0.144 e. The lowest BCUT2D eigenvalue weighted by atomic mass is 9.58. The van der Waals surface area contributed by atoms with Crippen molar-refractivity contribution in [3.63, 3.8) is 0 Å². The molecule has 0 fully saturated rings. The number of aryl methyl sites for hydroxylation is 2. The Hall–Kier alpha value is -0.580. The maximum Gasteiger partial charge on any atom is 0.0886 e. The summed E-state index contributed by atoms with van der Waals surface area (Å²) in [7, 11) is 0. The lowest BCUT2D eigenvalue weighted by Gasteiger charge is -2.45. The highest BCUT2D eigenvalue weighted by atomic mass is 32.2. The Morgan fingerprint density at radius 2 is 0.958 bits per heavy atom. The SMILES string of the molecule is CCCCCCCCc1cc2c(s1)[C@@]13CSc4sc5scc(c5c41)-c1cc(CCCCCCCC)sc1[C@]31CSc3sc4scc-2c4c31. The van der Waals surface area contributed by atoms with Gasteiger partial charge in [0, 0.05) is 63.7 Å². The molecule has 0 radical (unpaired) electrons. The summed E-state index contributed by atoms with van der Waals surface area (Å²) in [5, 5.41) is 8.39. The first-order valence-electron chi connectivity index (χ1n) is 18.3. The molecule has 0 nitrogen and oxygen atoms in total. The van der Waals surface area contributed by atoms with Crippen LogP contribution in [0.3, 0.4) is 0 Å². The predicted octanol–water partition coefficient (Wildman–Crippen LogP) is 15.6. The average Bonchev–Trinajstić information content (AvgIpc) is 3.92. The Kier molecular flexibility index (Phi) is 8.38. The van der Waals surface area contributed by atoms with E-state index in [4.69, 9.17) is 0 Å². The van der Waals surface area contributed by atoms with E-state index >= 15 is 0 Å². The first-order valence-corrected chi connectivity index (χ1v) is 25.3. The number of rotatable bonds is 14. The molecular weight excluding hydrogens is 737 g/mol. The third-order valence-electron chi connectivity index (χ3n) is 11.7. The van der Waals surface area contributed by atoms with Crippen molar-refractivity contribution in [2.75, 3.05) is 11.5 Å². The summed E-state index contributed by atoms with van der Waals surface area (Å²) in [5.74, 6) is 2.39. The summed E-state index contributed by atoms with van der Waals surface area (Å²) < 4.78 is 6.40. The fourth-order valence-electron chi connectivity index (χ4n) is 9.39. The minimum absolute atomic E-state index is 0.00306. The molecule has 0 bridgehead atoms. The van der Waals surface area contributed by atoms with Crippen LogP contribution in [-0.4, -0.2) is 11.5 Å². The van der Waals surface area contributed by atoms with Gasteiger partial charge in [-0.2, -0.15) is 0 Å². The summed E-state index contributed by atoms with van der Waals surface area (Å²) >= 11 is 17.2. The molecule has 8 heterocycles. The Morgan fingerprint density at radius 3 is 1.42 bits per heavy atom. The number of thioether (sulfide) groups is 2. The van der Waals surface area contributed by atoms with Gasteiger partial charge in [0.1, 0.15) is 0 Å². The van der Waals surface area contributed by atoms with Gasteiger partial charge in [0.15, 0.2) is 0 Å². The van der Waals surface area contributed by atoms with Crippen molar-refractivity contribution in [2.24, 2.45) is 0 Å². The molecule has 8 heteroatoms. The zero-order valence-corrected chi connectivity index (χ0v) is 34.4. The van der Waals surface area contributed by atoms with Crippen LogP contribution in [-0.2, 0) is 23.7 Å². The van der Waals surface area contributed by atoms with Crippen LogP contribution in [0.5, 0.6) is 0 Å². The second kappa shape index (κ2) is 12.5. The molecule has 0 N–H and O–H groups in total. The third-order valence-corrected chi connectivity index (χ3v) is 21.9. The van der Waals surface area contributed by atoms with Crippen LogP contribution in [0.4, 0.5) is 0 Å². The highest BCUT2D eigenvalue weighted by Crippen LogP contribution is 2.76. The third kappa shape index (κ3) is 4.42. The maximum absolute atomic E-state index is 2.69. The van der Waals surface area contributed by atoms with Crippen molar-refractivity contribution in [1.82, 2.24) is 0 Å². The highest BCUT2D eigenvalue weighted by molar-refractivity contribution is 8.02. The van der Waals surface area contributed by atoms with E-state index in [1.54, 1.807) is 80.1 Å². The van der Waals surface area contributed by atoms with Gasteiger partial charge in [-0.05, 0) is 60.1 Å². The van der Waals surface area contributed by atoms with E-state index in [0.29, 0.717) is 0 Å². The molecule has 2 aliphatic carbocycles. The summed E-state index contributed by atoms with van der Waals surface area (Å²) in [6.07, 6.45) is 18.9. The molecule has 0 saturated carbocycles. The van der Waals surface area contributed by atoms with Crippen LogP contribution in [0.15, 0.2) is 31.3 Å². The van der Waals surface area contributed by atoms with Crippen molar-refractivity contribution in [2.45, 2.75) is 123 Å². The number of thiophene rings is 6. The Balaban J connectivity index is 1.17. The average molecular weight is 779 g/mol. The molecule has 10 rings (SSSR count). The van der Waals surface area contributed by atoms with Crippen LogP contribution in [0, 0.1) is 0 Å². The summed E-state index contributed by atoms with van der Waals surface area (Å²) in [6, 6.07) is 5.39. The summed E-state index contributed by atoms with van der Waals surface area (Å²) in [5.41, 5.74) is 9.80. The van der Waals surface area contributed by atoms with Gasteiger partial charge in [-0.25, -0.2) is 0 Å². The van der Waals surface area contributed by atoms with E-state index in [0.717, 1.165) is 0 Å². The lowest BCUT2D eigenvalue weighted by molar-refractivity contribution is 0.402. The Morgan fingerprint density at radius 1 is 0.521 bits per heavy atom. The van der Waals surface area contributed by atoms with Crippen molar-refractivity contribution in [3.8, 4) is 22.3 Å². The van der Waals surface area contributed by atoms with Gasteiger partial charge in [-0.15, -0.1) is 91.5 Å². The van der Waals surface area contributed by atoms with E-state index in [-0.39, 0.29) is 10.8 Å². The summed E-state index contributed by atoms with van der Waals surface area (Å²) in [4.78, 5) is 6.72. The second-order valence-corrected chi connectivity index (χ2v) is 23.6. The molecule has 2 atom stereocenters. The van der Waals surface area contributed by atoms with E-state index in [1.807, 2.05) is 22.7 Å². The minimum atomic E-state index is -0.00306. The van der Waals surface area contributed by atoms with E-state index in [1.165, 1.54) is 101 Å². The topological polar surface area (TPSA) is 0 Å². The van der Waals surface area contributed by atoms with Gasteiger partial charge in [0.2, 0.25) is 0 Å². The molecule has 2 spiro atoms. The van der Waals surface area contributed by atoms with E-state index in [2.05, 4.69) is 106 Å². The van der Waals surface area contributed by atoms with Gasteiger partial charge < -0.3 is 0 Å². The van der Waals surface area contributed by atoms with Crippen molar-refractivity contribution in [1.29, 1.82) is 0 Å². The molecule has 250 valence electrons. The molecule has 6 aromatic rings. The van der Waals surface area contributed by atoms with Gasteiger partial charge in [0.25, 0.3) is 0 Å². The molecule has 4 aliphatic rings. The Bertz CT molecular complexity index is 2000. The molecule has 0 amide bonds. The van der Waals surface area contributed by atoms with Gasteiger partial charge in [0.05, 0.1) is 27.3 Å². The maximum atomic E-state index is 2.69. The Labute approximate surface area is 317 Å². The van der Waals surface area contributed by atoms with Gasteiger partial charge in [-0.3, -0.25) is 0 Å². The zero-order chi connectivity index (χ0) is 32.0. The van der Waals surface area contributed by atoms with E-state index in [9.17, 15) is 0 Å². The minimum Gasteiger partial charge on any atom is -0.144 e. The number of hydrogen-bond acceptors (Lipinski definition) is 8. The molecule has 6 aromatic heterocycles. The molecular formula is C40H42S8. The number of fused-ring (bicyclic) bond motifs is 4. The fraction of sp³-hybridized carbons (Fsp3) is 0.500. The van der Waals surface area contributed by atoms with Crippen molar-refractivity contribution >= 4 is 110 Å². The van der Waals surface area contributed by atoms with Crippen LogP contribution in [0.25, 0.3) is 41.1 Å². The first kappa shape index (κ1) is 32.1. The smallest absolute Gasteiger partial charge is 0.0886 e. The highest BCUT2D eigenvalue weighted by Gasteiger charge is 2.67. The second-order valence-electron chi connectivity index (χ2n) is 14.5. The van der Waals surface area contributed by atoms with E-state index < -0.39 is 0 Å². The van der Waals surface area contributed by atoms with Crippen molar-refractivity contribution < 1.29 is 0 Å². The molecule has 0 saturated heterocycles. The molecule has 2 aliphatic heterocycles. The number of hydrogen-bond donors (Lipinski definition) is 0. The fourth-order valence-corrected chi connectivity index (χ4v) is 21.3. The van der Waals surface area contributed by atoms with Crippen LogP contribution in [0.2, 0.25) is 0 Å². The quantitative estimate of drug-likeness (QED) is 0.101. The predicted molar refractivity (Wildman–Crippen MR) is 223 cm³/mol. The molecule has 48 heavy (non-hydrogen) atoms. The monoisotopic (exact) mass is 778 g/mol. The standard InChI is InChI=1S/C40H42S8/c1-3-5-7-9-11-13-15-23-17-25-27-19-41-35-29(27)32-38(47-35)44-22-40(32)34-26(18-24(46-34)16-14-12-10-8-6-4-2)28-20-42-36-30(28)31-37(48-36)43-21-39(31,40)33(25)45-23/h17-20H,3-16,21-22H2,1-2H3/t39-,40-/m1/s1. The van der Waals surface area contributed by atoms with Gasteiger partial charge >= 0.3 is 0 Å².